The first-order valence-corrected chi connectivity index (χ1v) is 6.49. The molecule has 2 nitrogen and oxygen atoms in total. The molecule has 1 unspecified atom stereocenters. The lowest BCUT2D eigenvalue weighted by molar-refractivity contribution is 0.629. The van der Waals surface area contributed by atoms with Gasteiger partial charge in [0.05, 0.1) is 5.69 Å². The third kappa shape index (κ3) is 3.00. The summed E-state index contributed by atoms with van der Waals surface area (Å²) in [4.78, 5) is 2.42. The molecule has 3 heteroatoms. The quantitative estimate of drug-likeness (QED) is 0.680. The second kappa shape index (κ2) is 5.58. The SMILES string of the molecule is CCC(C)N(CC)c1ccc(N)cc1I. The van der Waals surface area contributed by atoms with Crippen LogP contribution < -0.4 is 10.6 Å². The van der Waals surface area contributed by atoms with Gasteiger partial charge in [-0.25, -0.2) is 0 Å². The first-order chi connectivity index (χ1) is 7.10. The molecule has 0 spiro atoms. The largest absolute Gasteiger partial charge is 0.399 e. The molecule has 0 bridgehead atoms. The summed E-state index contributed by atoms with van der Waals surface area (Å²) in [6.45, 7) is 7.71. The van der Waals surface area contributed by atoms with Gasteiger partial charge in [0.2, 0.25) is 0 Å². The van der Waals surface area contributed by atoms with Crippen LogP contribution in [0.1, 0.15) is 27.2 Å². The highest BCUT2D eigenvalue weighted by atomic mass is 127. The molecule has 0 amide bonds. The zero-order valence-corrected chi connectivity index (χ0v) is 11.8. The molecule has 0 aliphatic heterocycles. The van der Waals surface area contributed by atoms with Crippen LogP contribution in [-0.4, -0.2) is 12.6 Å². The maximum atomic E-state index is 5.75. The van der Waals surface area contributed by atoms with E-state index >= 15 is 0 Å². The molecule has 1 atom stereocenters. The van der Waals surface area contributed by atoms with Crippen LogP contribution >= 0.6 is 22.6 Å². The first kappa shape index (κ1) is 12.6. The Labute approximate surface area is 106 Å². The molecule has 15 heavy (non-hydrogen) atoms. The van der Waals surface area contributed by atoms with E-state index in [1.54, 1.807) is 0 Å². The van der Waals surface area contributed by atoms with E-state index in [4.69, 9.17) is 5.73 Å². The Hall–Kier alpha value is -0.450. The van der Waals surface area contributed by atoms with E-state index < -0.39 is 0 Å². The van der Waals surface area contributed by atoms with Crippen LogP contribution in [0.15, 0.2) is 18.2 Å². The Morgan fingerprint density at radius 2 is 2.07 bits per heavy atom. The van der Waals surface area contributed by atoms with Crippen LogP contribution in [0.4, 0.5) is 11.4 Å². The van der Waals surface area contributed by atoms with Crippen LogP contribution in [0.2, 0.25) is 0 Å². The molecule has 0 aromatic heterocycles. The van der Waals surface area contributed by atoms with Crippen LogP contribution in [0, 0.1) is 3.57 Å². The lowest BCUT2D eigenvalue weighted by Crippen LogP contribution is -2.32. The zero-order chi connectivity index (χ0) is 11.4. The van der Waals surface area contributed by atoms with Gasteiger partial charge in [0, 0.05) is 21.8 Å². The molecule has 2 N–H and O–H groups in total. The maximum absolute atomic E-state index is 5.75. The van der Waals surface area contributed by atoms with Crippen molar-refractivity contribution in [2.24, 2.45) is 0 Å². The van der Waals surface area contributed by atoms with Crippen molar-refractivity contribution < 1.29 is 0 Å². The van der Waals surface area contributed by atoms with Gasteiger partial charge in [0.15, 0.2) is 0 Å². The van der Waals surface area contributed by atoms with Crippen LogP contribution in [0.3, 0.4) is 0 Å². The van der Waals surface area contributed by atoms with E-state index in [9.17, 15) is 0 Å². The van der Waals surface area contributed by atoms with E-state index in [-0.39, 0.29) is 0 Å². The molecule has 0 radical (unpaired) electrons. The molecular formula is C12H19IN2. The number of hydrogen-bond donors (Lipinski definition) is 1. The van der Waals surface area contributed by atoms with Crippen molar-refractivity contribution >= 4 is 34.0 Å². The normalized spacial score (nSPS) is 12.5. The summed E-state index contributed by atoms with van der Waals surface area (Å²) in [5, 5.41) is 0. The van der Waals surface area contributed by atoms with Crippen molar-refractivity contribution in [3.63, 3.8) is 0 Å². The maximum Gasteiger partial charge on any atom is 0.0505 e. The van der Waals surface area contributed by atoms with Crippen molar-refractivity contribution in [1.82, 2.24) is 0 Å². The fourth-order valence-electron chi connectivity index (χ4n) is 1.70. The van der Waals surface area contributed by atoms with Crippen molar-refractivity contribution in [2.75, 3.05) is 17.2 Å². The Bertz CT molecular complexity index is 325. The predicted molar refractivity (Wildman–Crippen MR) is 76.3 cm³/mol. The van der Waals surface area contributed by atoms with Gasteiger partial charge >= 0.3 is 0 Å². The van der Waals surface area contributed by atoms with Crippen molar-refractivity contribution in [2.45, 2.75) is 33.2 Å². The van der Waals surface area contributed by atoms with Crippen LogP contribution in [0.5, 0.6) is 0 Å². The second-order valence-corrected chi connectivity index (χ2v) is 4.92. The van der Waals surface area contributed by atoms with Gasteiger partial charge in [0.25, 0.3) is 0 Å². The van der Waals surface area contributed by atoms with Crippen LogP contribution in [-0.2, 0) is 0 Å². The fourth-order valence-corrected chi connectivity index (χ4v) is 2.55. The molecule has 0 aliphatic rings. The molecule has 1 aromatic carbocycles. The van der Waals surface area contributed by atoms with Gasteiger partial charge < -0.3 is 10.6 Å². The monoisotopic (exact) mass is 318 g/mol. The summed E-state index contributed by atoms with van der Waals surface area (Å²) in [6.07, 6.45) is 1.16. The number of nitrogens with two attached hydrogens (primary N) is 1. The third-order valence-corrected chi connectivity index (χ3v) is 3.61. The predicted octanol–water partition coefficient (Wildman–Crippen LogP) is 3.50. The summed E-state index contributed by atoms with van der Waals surface area (Å²) in [7, 11) is 0. The van der Waals surface area contributed by atoms with Crippen molar-refractivity contribution in [1.29, 1.82) is 0 Å². The topological polar surface area (TPSA) is 29.3 Å². The van der Waals surface area contributed by atoms with Gasteiger partial charge in [-0.05, 0) is 61.1 Å². The Kier molecular flexibility index (Phi) is 4.70. The van der Waals surface area contributed by atoms with E-state index in [0.29, 0.717) is 6.04 Å². The van der Waals surface area contributed by atoms with Crippen molar-refractivity contribution in [3.8, 4) is 0 Å². The number of anilines is 2. The molecule has 0 saturated heterocycles. The minimum absolute atomic E-state index is 0.576. The van der Waals surface area contributed by atoms with Gasteiger partial charge in [-0.2, -0.15) is 0 Å². The van der Waals surface area contributed by atoms with E-state index in [1.807, 2.05) is 12.1 Å². The Morgan fingerprint density at radius 3 is 2.53 bits per heavy atom. The molecule has 0 saturated carbocycles. The molecular weight excluding hydrogens is 299 g/mol. The minimum atomic E-state index is 0.576. The summed E-state index contributed by atoms with van der Waals surface area (Å²) in [5.41, 5.74) is 7.88. The number of benzene rings is 1. The number of rotatable bonds is 4. The molecule has 84 valence electrons. The second-order valence-electron chi connectivity index (χ2n) is 3.75. The van der Waals surface area contributed by atoms with Gasteiger partial charge in [0.1, 0.15) is 0 Å². The number of hydrogen-bond acceptors (Lipinski definition) is 2. The van der Waals surface area contributed by atoms with E-state index in [2.05, 4.69) is 54.3 Å². The molecule has 0 aliphatic carbocycles. The van der Waals surface area contributed by atoms with E-state index in [1.165, 1.54) is 9.26 Å². The van der Waals surface area contributed by atoms with Gasteiger partial charge in [-0.1, -0.05) is 6.92 Å². The third-order valence-electron chi connectivity index (χ3n) is 2.74. The van der Waals surface area contributed by atoms with E-state index in [0.717, 1.165) is 18.7 Å². The van der Waals surface area contributed by atoms with Gasteiger partial charge in [-0.15, -0.1) is 0 Å². The lowest BCUT2D eigenvalue weighted by atomic mass is 10.2. The average molecular weight is 318 g/mol. The number of nitrogens with zero attached hydrogens (tertiary/aromatic N) is 1. The summed E-state index contributed by atoms with van der Waals surface area (Å²) in [5.74, 6) is 0. The first-order valence-electron chi connectivity index (χ1n) is 5.41. The highest BCUT2D eigenvalue weighted by Crippen LogP contribution is 2.26. The minimum Gasteiger partial charge on any atom is -0.399 e. The molecule has 1 aromatic rings. The highest BCUT2D eigenvalue weighted by Gasteiger charge is 2.13. The summed E-state index contributed by atoms with van der Waals surface area (Å²) < 4.78 is 1.23. The van der Waals surface area contributed by atoms with Gasteiger partial charge in [-0.3, -0.25) is 0 Å². The standard InChI is InChI=1S/C12H19IN2/c1-4-9(3)15(5-2)12-7-6-10(14)8-11(12)13/h6-9H,4-5,14H2,1-3H3. The fraction of sp³-hybridized carbons (Fsp3) is 0.500. The lowest BCUT2D eigenvalue weighted by Gasteiger charge is -2.30. The number of nitrogen functional groups attached to an aromatic ring is 1. The Balaban J connectivity index is 3.01. The summed E-state index contributed by atoms with van der Waals surface area (Å²) in [6, 6.07) is 6.70. The highest BCUT2D eigenvalue weighted by molar-refractivity contribution is 14.1. The van der Waals surface area contributed by atoms with Crippen LogP contribution in [0.25, 0.3) is 0 Å². The van der Waals surface area contributed by atoms with Crippen molar-refractivity contribution in [3.05, 3.63) is 21.8 Å². The smallest absolute Gasteiger partial charge is 0.0505 e. The molecule has 0 heterocycles. The number of halogens is 1. The molecule has 1 rings (SSSR count). The summed E-state index contributed by atoms with van der Waals surface area (Å²) >= 11 is 2.35. The molecule has 0 fully saturated rings. The Morgan fingerprint density at radius 1 is 1.40 bits per heavy atom. The zero-order valence-electron chi connectivity index (χ0n) is 9.63. The average Bonchev–Trinajstić information content (AvgIpc) is 2.21.